The fourth-order valence-corrected chi connectivity index (χ4v) is 5.22. The molecular formula is C30H36Cl2N2O4. The summed E-state index contributed by atoms with van der Waals surface area (Å²) in [7, 11) is 3.29. The summed E-state index contributed by atoms with van der Waals surface area (Å²) in [6.07, 6.45) is -0.0237. The predicted molar refractivity (Wildman–Crippen MR) is 153 cm³/mol. The number of methoxy groups -OCH3 is 2. The fraction of sp³-hybridized carbons (Fsp3) is 0.367. The molecule has 3 aromatic rings. The molecule has 0 amide bonds. The minimum atomic E-state index is -0.789. The molecule has 0 radical (unpaired) electrons. The van der Waals surface area contributed by atoms with Gasteiger partial charge in [-0.05, 0) is 29.7 Å². The molecule has 3 unspecified atom stereocenters. The Bertz CT molecular complexity index is 1140. The van der Waals surface area contributed by atoms with E-state index in [0.29, 0.717) is 6.42 Å². The highest BCUT2D eigenvalue weighted by Gasteiger charge is 2.64. The Morgan fingerprint density at radius 3 is 2.03 bits per heavy atom. The average molecular weight is 560 g/mol. The number of ether oxygens (including phenoxy) is 3. The van der Waals surface area contributed by atoms with Crippen LogP contribution in [0.25, 0.3) is 0 Å². The largest absolute Gasteiger partial charge is 0.497 e. The van der Waals surface area contributed by atoms with Gasteiger partial charge in [-0.2, -0.15) is 0 Å². The van der Waals surface area contributed by atoms with Gasteiger partial charge in [-0.1, -0.05) is 72.8 Å². The third kappa shape index (κ3) is 6.33. The molecule has 1 aliphatic carbocycles. The number of esters is 1. The lowest BCUT2D eigenvalue weighted by molar-refractivity contribution is -0.167. The van der Waals surface area contributed by atoms with Crippen LogP contribution in [-0.4, -0.2) is 62.3 Å². The summed E-state index contributed by atoms with van der Waals surface area (Å²) >= 11 is 0. The highest BCUT2D eigenvalue weighted by molar-refractivity contribution is 5.88. The van der Waals surface area contributed by atoms with E-state index >= 15 is 0 Å². The molecule has 0 bridgehead atoms. The molecule has 38 heavy (non-hydrogen) atoms. The Morgan fingerprint density at radius 2 is 1.47 bits per heavy atom. The van der Waals surface area contributed by atoms with E-state index in [1.165, 1.54) is 5.56 Å². The summed E-state index contributed by atoms with van der Waals surface area (Å²) in [6.45, 7) is 4.41. The number of piperazine rings is 1. The quantitative estimate of drug-likeness (QED) is 0.334. The minimum absolute atomic E-state index is 0. The number of carbonyl (C=O) groups excluding carboxylic acids is 1. The van der Waals surface area contributed by atoms with Gasteiger partial charge in [0.2, 0.25) is 0 Å². The molecular weight excluding hydrogens is 523 g/mol. The molecule has 2 fully saturated rings. The molecule has 2 aliphatic rings. The summed E-state index contributed by atoms with van der Waals surface area (Å²) in [5.41, 5.74) is 2.42. The van der Waals surface area contributed by atoms with Gasteiger partial charge < -0.3 is 14.2 Å². The van der Waals surface area contributed by atoms with Crippen molar-refractivity contribution in [2.75, 3.05) is 40.4 Å². The number of rotatable bonds is 9. The normalized spacial score (nSPS) is 21.9. The zero-order chi connectivity index (χ0) is 25.0. The van der Waals surface area contributed by atoms with Gasteiger partial charge in [0.05, 0.1) is 13.2 Å². The Morgan fingerprint density at radius 1 is 0.868 bits per heavy atom. The summed E-state index contributed by atoms with van der Waals surface area (Å²) in [4.78, 5) is 18.5. The molecule has 1 saturated heterocycles. The maximum atomic E-state index is 13.8. The van der Waals surface area contributed by atoms with Gasteiger partial charge >= 0.3 is 5.97 Å². The summed E-state index contributed by atoms with van der Waals surface area (Å²) in [6, 6.07) is 28.3. The smallest absolute Gasteiger partial charge is 0.321 e. The fourth-order valence-electron chi connectivity index (χ4n) is 5.22. The first-order chi connectivity index (χ1) is 17.6. The summed E-state index contributed by atoms with van der Waals surface area (Å²) < 4.78 is 17.3. The van der Waals surface area contributed by atoms with E-state index in [9.17, 15) is 4.79 Å². The standard InChI is InChI=1S/C30H34N2O4.2ClH/c1-34-26-15-13-25(14-16-26)30(21-27(30)35-2)29(33)36-28(24-11-7-4-8-12-24)32-19-17-31(18-20-32)22-23-9-5-3-6-10-23;;/h3-16,27-28H,17-22H2,1-2H3;2*1H. The van der Waals surface area contributed by atoms with Gasteiger partial charge in [0.15, 0.2) is 6.23 Å². The van der Waals surface area contributed by atoms with E-state index in [0.717, 1.165) is 49.6 Å². The van der Waals surface area contributed by atoms with E-state index < -0.39 is 11.6 Å². The van der Waals surface area contributed by atoms with Crippen LogP contribution in [0.1, 0.15) is 29.3 Å². The van der Waals surface area contributed by atoms with Gasteiger partial charge in [0.25, 0.3) is 0 Å². The van der Waals surface area contributed by atoms with E-state index in [-0.39, 0.29) is 36.9 Å². The zero-order valence-corrected chi connectivity index (χ0v) is 23.5. The first kappa shape index (κ1) is 29.9. The predicted octanol–water partition coefficient (Wildman–Crippen LogP) is 5.26. The number of hydrogen-bond donors (Lipinski definition) is 0. The van der Waals surface area contributed by atoms with E-state index in [1.807, 2.05) is 60.7 Å². The molecule has 5 rings (SSSR count). The van der Waals surface area contributed by atoms with E-state index in [1.54, 1.807) is 14.2 Å². The third-order valence-electron chi connectivity index (χ3n) is 7.44. The van der Waals surface area contributed by atoms with Crippen molar-refractivity contribution < 1.29 is 19.0 Å². The topological polar surface area (TPSA) is 51.2 Å². The van der Waals surface area contributed by atoms with Crippen LogP contribution in [0.15, 0.2) is 84.9 Å². The highest BCUT2D eigenvalue weighted by Crippen LogP contribution is 2.52. The molecule has 6 nitrogen and oxygen atoms in total. The second-order valence-corrected chi connectivity index (χ2v) is 9.59. The SMILES string of the molecule is COc1ccc(C2(C(=O)OC(c3ccccc3)N3CCN(Cc4ccccc4)CC3)CC2OC)cc1.Cl.Cl. The first-order valence-corrected chi connectivity index (χ1v) is 12.6. The maximum absolute atomic E-state index is 13.8. The van der Waals surface area contributed by atoms with Crippen molar-refractivity contribution in [3.05, 3.63) is 102 Å². The lowest BCUT2D eigenvalue weighted by Crippen LogP contribution is -2.48. The molecule has 1 saturated carbocycles. The van der Waals surface area contributed by atoms with Crippen LogP contribution in [0.4, 0.5) is 0 Å². The van der Waals surface area contributed by atoms with Crippen LogP contribution in [0.3, 0.4) is 0 Å². The molecule has 3 aromatic carbocycles. The van der Waals surface area contributed by atoms with E-state index in [4.69, 9.17) is 14.2 Å². The van der Waals surface area contributed by atoms with Crippen LogP contribution >= 0.6 is 24.8 Å². The first-order valence-electron chi connectivity index (χ1n) is 12.6. The van der Waals surface area contributed by atoms with Crippen LogP contribution in [-0.2, 0) is 26.2 Å². The van der Waals surface area contributed by atoms with Crippen molar-refractivity contribution in [2.24, 2.45) is 0 Å². The Kier molecular flexibility index (Phi) is 10.6. The molecule has 0 spiro atoms. The van der Waals surface area contributed by atoms with Crippen molar-refractivity contribution >= 4 is 30.8 Å². The Hall–Kier alpha value is -2.61. The van der Waals surface area contributed by atoms with Crippen molar-refractivity contribution in [3.8, 4) is 5.75 Å². The lowest BCUT2D eigenvalue weighted by Gasteiger charge is -2.39. The minimum Gasteiger partial charge on any atom is -0.497 e. The van der Waals surface area contributed by atoms with Gasteiger partial charge in [0.1, 0.15) is 11.2 Å². The number of carbonyl (C=O) groups is 1. The van der Waals surface area contributed by atoms with Gasteiger partial charge in [-0.25, -0.2) is 0 Å². The van der Waals surface area contributed by atoms with E-state index in [2.05, 4.69) is 34.1 Å². The summed E-state index contributed by atoms with van der Waals surface area (Å²) in [5.74, 6) is 0.521. The number of nitrogens with zero attached hydrogens (tertiary/aromatic N) is 2. The third-order valence-corrected chi connectivity index (χ3v) is 7.44. The monoisotopic (exact) mass is 558 g/mol. The second kappa shape index (κ2) is 13.5. The van der Waals surface area contributed by atoms with Crippen LogP contribution in [0, 0.1) is 0 Å². The van der Waals surface area contributed by atoms with Crippen molar-refractivity contribution in [3.63, 3.8) is 0 Å². The second-order valence-electron chi connectivity index (χ2n) is 9.59. The lowest BCUT2D eigenvalue weighted by atomic mass is 9.95. The number of benzene rings is 3. The van der Waals surface area contributed by atoms with Gasteiger partial charge in [-0.15, -0.1) is 24.8 Å². The van der Waals surface area contributed by atoms with Crippen molar-refractivity contribution in [1.82, 2.24) is 9.80 Å². The van der Waals surface area contributed by atoms with Crippen LogP contribution in [0.5, 0.6) is 5.75 Å². The molecule has 0 aromatic heterocycles. The Balaban J connectivity index is 0.00000200. The Labute approximate surface area is 237 Å². The molecule has 3 atom stereocenters. The van der Waals surface area contributed by atoms with Gasteiger partial charge in [0, 0.05) is 45.4 Å². The molecule has 1 heterocycles. The molecule has 8 heteroatoms. The highest BCUT2D eigenvalue weighted by atomic mass is 35.5. The van der Waals surface area contributed by atoms with Gasteiger partial charge in [-0.3, -0.25) is 14.6 Å². The van der Waals surface area contributed by atoms with Crippen molar-refractivity contribution in [2.45, 2.75) is 30.7 Å². The molecule has 1 aliphatic heterocycles. The number of halogens is 2. The average Bonchev–Trinajstić information content (AvgIpc) is 3.69. The molecule has 0 N–H and O–H groups in total. The van der Waals surface area contributed by atoms with Crippen LogP contribution in [0.2, 0.25) is 0 Å². The molecule has 204 valence electrons. The zero-order valence-electron chi connectivity index (χ0n) is 21.8. The van der Waals surface area contributed by atoms with Crippen LogP contribution < -0.4 is 4.74 Å². The number of hydrogen-bond acceptors (Lipinski definition) is 6. The summed E-state index contributed by atoms with van der Waals surface area (Å²) in [5, 5.41) is 0. The maximum Gasteiger partial charge on any atom is 0.321 e. The van der Waals surface area contributed by atoms with Crippen molar-refractivity contribution in [1.29, 1.82) is 0 Å².